The summed E-state index contributed by atoms with van der Waals surface area (Å²) in [5, 5.41) is 3.24. The molecule has 0 aliphatic rings. The molecule has 0 aromatic rings. The third kappa shape index (κ3) is 9.39. The van der Waals surface area contributed by atoms with Crippen molar-refractivity contribution in [3.05, 3.63) is 0 Å². The summed E-state index contributed by atoms with van der Waals surface area (Å²) in [6, 6.07) is 0.501. The summed E-state index contributed by atoms with van der Waals surface area (Å²) in [4.78, 5) is 10.2. The van der Waals surface area contributed by atoms with Crippen LogP contribution in [0.15, 0.2) is 0 Å². The number of ether oxygens (including phenoxy) is 1. The molecule has 72 valence electrons. The van der Waals surface area contributed by atoms with Gasteiger partial charge in [0.25, 0.3) is 0 Å². The van der Waals surface area contributed by atoms with E-state index in [9.17, 15) is 4.79 Å². The average Bonchev–Trinajstić information content (AvgIpc) is 1.95. The van der Waals surface area contributed by atoms with Crippen LogP contribution < -0.4 is 11.1 Å². The van der Waals surface area contributed by atoms with Gasteiger partial charge >= 0.3 is 0 Å². The number of primary amides is 1. The number of hydrogen-bond acceptors (Lipinski definition) is 3. The Bertz CT molecular complexity index is 126. The van der Waals surface area contributed by atoms with Crippen LogP contribution in [0.3, 0.4) is 0 Å². The van der Waals surface area contributed by atoms with E-state index >= 15 is 0 Å². The molecule has 4 heteroatoms. The summed E-state index contributed by atoms with van der Waals surface area (Å²) >= 11 is 0. The number of carbonyl (C=O) groups excluding carboxylic acids is 1. The zero-order valence-corrected chi connectivity index (χ0v) is 7.80. The topological polar surface area (TPSA) is 64.3 Å². The molecule has 0 atom stereocenters. The number of nitrogens with one attached hydrogen (secondary N) is 1. The Kier molecular flexibility index (Phi) is 6.70. The van der Waals surface area contributed by atoms with Crippen LogP contribution in [0, 0.1) is 0 Å². The van der Waals surface area contributed by atoms with Crippen molar-refractivity contribution in [1.29, 1.82) is 0 Å². The van der Waals surface area contributed by atoms with Crippen molar-refractivity contribution in [2.75, 3.05) is 19.8 Å². The first-order chi connectivity index (χ1) is 5.63. The second-order valence-electron chi connectivity index (χ2n) is 2.98. The second kappa shape index (κ2) is 7.06. The molecule has 0 radical (unpaired) electrons. The lowest BCUT2D eigenvalue weighted by Crippen LogP contribution is -2.25. The van der Waals surface area contributed by atoms with E-state index in [0.29, 0.717) is 12.6 Å². The second-order valence-corrected chi connectivity index (χ2v) is 2.98. The maximum atomic E-state index is 10.2. The molecule has 0 saturated carbocycles. The van der Waals surface area contributed by atoms with Crippen LogP contribution in [0.4, 0.5) is 0 Å². The maximum Gasteiger partial charge on any atom is 0.243 e. The molecule has 12 heavy (non-hydrogen) atoms. The molecular weight excluding hydrogens is 156 g/mol. The zero-order valence-electron chi connectivity index (χ0n) is 7.80. The monoisotopic (exact) mass is 174 g/mol. The van der Waals surface area contributed by atoms with E-state index in [1.54, 1.807) is 0 Å². The third-order valence-corrected chi connectivity index (χ3v) is 1.26. The molecule has 0 fully saturated rings. The van der Waals surface area contributed by atoms with Gasteiger partial charge in [-0.15, -0.1) is 0 Å². The summed E-state index contributed by atoms with van der Waals surface area (Å²) in [5.41, 5.74) is 4.88. The molecule has 1 amide bonds. The van der Waals surface area contributed by atoms with Crippen LogP contribution in [0.1, 0.15) is 20.3 Å². The Morgan fingerprint density at radius 1 is 1.58 bits per heavy atom. The highest BCUT2D eigenvalue weighted by Gasteiger charge is 1.94. The van der Waals surface area contributed by atoms with E-state index in [0.717, 1.165) is 13.0 Å². The number of rotatable bonds is 7. The summed E-state index contributed by atoms with van der Waals surface area (Å²) in [6.45, 7) is 5.70. The Morgan fingerprint density at radius 2 is 2.25 bits per heavy atom. The van der Waals surface area contributed by atoms with Crippen LogP contribution in [-0.4, -0.2) is 31.7 Å². The van der Waals surface area contributed by atoms with Crippen molar-refractivity contribution in [3.8, 4) is 0 Å². The van der Waals surface area contributed by atoms with Gasteiger partial charge in [-0.1, -0.05) is 13.8 Å². The Morgan fingerprint density at radius 3 is 2.75 bits per heavy atom. The highest BCUT2D eigenvalue weighted by molar-refractivity contribution is 5.74. The molecular formula is C8H18N2O2. The van der Waals surface area contributed by atoms with E-state index in [-0.39, 0.29) is 6.61 Å². The van der Waals surface area contributed by atoms with Gasteiger partial charge in [-0.3, -0.25) is 4.79 Å². The number of amides is 1. The first kappa shape index (κ1) is 11.4. The quantitative estimate of drug-likeness (QED) is 0.529. The van der Waals surface area contributed by atoms with E-state index in [1.807, 2.05) is 0 Å². The standard InChI is InChI=1S/C8H18N2O2/c1-7(2)10-4-3-5-12-6-8(9)11/h7,10H,3-6H2,1-2H3,(H2,9,11). The molecule has 0 aliphatic heterocycles. The molecule has 0 aromatic heterocycles. The van der Waals surface area contributed by atoms with Crippen LogP contribution >= 0.6 is 0 Å². The summed E-state index contributed by atoms with van der Waals surface area (Å²) in [5.74, 6) is -0.410. The average molecular weight is 174 g/mol. The largest absolute Gasteiger partial charge is 0.372 e. The lowest BCUT2D eigenvalue weighted by molar-refractivity contribution is -0.122. The van der Waals surface area contributed by atoms with Gasteiger partial charge in [-0.2, -0.15) is 0 Å². The SMILES string of the molecule is CC(C)NCCCOCC(N)=O. The number of nitrogens with two attached hydrogens (primary N) is 1. The summed E-state index contributed by atoms with van der Waals surface area (Å²) < 4.78 is 4.96. The highest BCUT2D eigenvalue weighted by Crippen LogP contribution is 1.82. The Labute approximate surface area is 73.5 Å². The molecule has 0 heterocycles. The third-order valence-electron chi connectivity index (χ3n) is 1.26. The van der Waals surface area contributed by atoms with Gasteiger partial charge < -0.3 is 15.8 Å². The molecule has 4 nitrogen and oxygen atoms in total. The first-order valence-electron chi connectivity index (χ1n) is 4.22. The van der Waals surface area contributed by atoms with Crippen molar-refractivity contribution in [1.82, 2.24) is 5.32 Å². The molecule has 0 bridgehead atoms. The van der Waals surface area contributed by atoms with Crippen LogP contribution in [0.2, 0.25) is 0 Å². The van der Waals surface area contributed by atoms with E-state index in [4.69, 9.17) is 10.5 Å². The normalized spacial score (nSPS) is 10.6. The van der Waals surface area contributed by atoms with Gasteiger partial charge in [0.15, 0.2) is 0 Å². The fourth-order valence-electron chi connectivity index (χ4n) is 0.738. The summed E-state index contributed by atoms with van der Waals surface area (Å²) in [6.07, 6.45) is 0.908. The maximum absolute atomic E-state index is 10.2. The Hall–Kier alpha value is -0.610. The lowest BCUT2D eigenvalue weighted by Gasteiger charge is -2.07. The van der Waals surface area contributed by atoms with Crippen molar-refractivity contribution >= 4 is 5.91 Å². The summed E-state index contributed by atoms with van der Waals surface area (Å²) in [7, 11) is 0. The molecule has 0 unspecified atom stereocenters. The van der Waals surface area contributed by atoms with Crippen molar-refractivity contribution < 1.29 is 9.53 Å². The van der Waals surface area contributed by atoms with Gasteiger partial charge in [0.2, 0.25) is 5.91 Å². The highest BCUT2D eigenvalue weighted by atomic mass is 16.5. The van der Waals surface area contributed by atoms with E-state index in [2.05, 4.69) is 19.2 Å². The fourth-order valence-corrected chi connectivity index (χ4v) is 0.738. The van der Waals surface area contributed by atoms with Crippen molar-refractivity contribution in [3.63, 3.8) is 0 Å². The van der Waals surface area contributed by atoms with E-state index < -0.39 is 5.91 Å². The van der Waals surface area contributed by atoms with Crippen molar-refractivity contribution in [2.24, 2.45) is 5.73 Å². The van der Waals surface area contributed by atoms with Gasteiger partial charge in [-0.05, 0) is 13.0 Å². The van der Waals surface area contributed by atoms with Crippen LogP contribution in [0.5, 0.6) is 0 Å². The predicted molar refractivity (Wildman–Crippen MR) is 47.8 cm³/mol. The van der Waals surface area contributed by atoms with Crippen LogP contribution in [-0.2, 0) is 9.53 Å². The van der Waals surface area contributed by atoms with Gasteiger partial charge in [0.1, 0.15) is 6.61 Å². The minimum absolute atomic E-state index is 0.0294. The number of hydrogen-bond donors (Lipinski definition) is 2. The van der Waals surface area contributed by atoms with E-state index in [1.165, 1.54) is 0 Å². The molecule has 0 spiro atoms. The zero-order chi connectivity index (χ0) is 9.40. The minimum Gasteiger partial charge on any atom is -0.372 e. The predicted octanol–water partition coefficient (Wildman–Crippen LogP) is -0.124. The van der Waals surface area contributed by atoms with Gasteiger partial charge in [0.05, 0.1) is 0 Å². The molecule has 0 saturated heterocycles. The van der Waals surface area contributed by atoms with Crippen LogP contribution in [0.25, 0.3) is 0 Å². The lowest BCUT2D eigenvalue weighted by atomic mass is 10.3. The molecule has 0 aliphatic carbocycles. The molecule has 0 aromatic carbocycles. The minimum atomic E-state index is -0.410. The smallest absolute Gasteiger partial charge is 0.243 e. The first-order valence-corrected chi connectivity index (χ1v) is 4.22. The molecule has 3 N–H and O–H groups in total. The molecule has 0 rings (SSSR count). The number of carbonyl (C=O) groups is 1. The fraction of sp³-hybridized carbons (Fsp3) is 0.875. The Balaban J connectivity index is 2.96. The van der Waals surface area contributed by atoms with Gasteiger partial charge in [0, 0.05) is 12.6 Å². The van der Waals surface area contributed by atoms with Gasteiger partial charge in [-0.25, -0.2) is 0 Å². The van der Waals surface area contributed by atoms with Crippen molar-refractivity contribution in [2.45, 2.75) is 26.3 Å².